The number of nitrogens with two attached hydrogens (primary N) is 1. The van der Waals surface area contributed by atoms with Gasteiger partial charge in [0, 0.05) is 7.05 Å². The smallest absolute Gasteiger partial charge is 0.245 e. The lowest BCUT2D eigenvalue weighted by molar-refractivity contribution is -0.143. The number of amides is 4. The molecular formula is C33H55N5O6. The largest absolute Gasteiger partial charge is 0.391 e. The van der Waals surface area contributed by atoms with Crippen LogP contribution in [-0.4, -0.2) is 83.3 Å². The first-order valence-electron chi connectivity index (χ1n) is 15.7. The van der Waals surface area contributed by atoms with Crippen LogP contribution in [-0.2, 0) is 30.4 Å². The van der Waals surface area contributed by atoms with Crippen LogP contribution in [0.15, 0.2) is 30.3 Å². The molecule has 1 aromatic carbocycles. The molecule has 0 bridgehead atoms. The number of aldehydes is 1. The molecule has 0 spiro atoms. The van der Waals surface area contributed by atoms with Gasteiger partial charge in [0.25, 0.3) is 0 Å². The van der Waals surface area contributed by atoms with Gasteiger partial charge in [-0.05, 0) is 62.3 Å². The van der Waals surface area contributed by atoms with Crippen LogP contribution < -0.4 is 21.7 Å². The number of aliphatic hydroxyl groups is 1. The Morgan fingerprint density at radius 2 is 1.41 bits per heavy atom. The third kappa shape index (κ3) is 13.1. The minimum atomic E-state index is -1.23. The minimum absolute atomic E-state index is 0.0187. The second-order valence-electron chi connectivity index (χ2n) is 12.9. The highest BCUT2D eigenvalue weighted by atomic mass is 16.3. The summed E-state index contributed by atoms with van der Waals surface area (Å²) in [5.74, 6) is -2.15. The Hall–Kier alpha value is -3.31. The van der Waals surface area contributed by atoms with E-state index in [1.54, 1.807) is 0 Å². The minimum Gasteiger partial charge on any atom is -0.391 e. The summed E-state index contributed by atoms with van der Waals surface area (Å²) in [4.78, 5) is 66.5. The molecule has 0 unspecified atom stereocenters. The monoisotopic (exact) mass is 617 g/mol. The van der Waals surface area contributed by atoms with Gasteiger partial charge in [-0.15, -0.1) is 0 Å². The lowest BCUT2D eigenvalue weighted by atomic mass is 9.97. The summed E-state index contributed by atoms with van der Waals surface area (Å²) in [6, 6.07) is 4.97. The van der Waals surface area contributed by atoms with Crippen LogP contribution in [0.2, 0.25) is 0 Å². The maximum absolute atomic E-state index is 13.9. The topological polar surface area (TPSA) is 171 Å². The zero-order valence-corrected chi connectivity index (χ0v) is 27.7. The van der Waals surface area contributed by atoms with Crippen molar-refractivity contribution in [3.8, 4) is 0 Å². The van der Waals surface area contributed by atoms with Crippen molar-refractivity contribution in [2.24, 2.45) is 23.5 Å². The van der Waals surface area contributed by atoms with Gasteiger partial charge in [0.05, 0.1) is 12.1 Å². The van der Waals surface area contributed by atoms with E-state index in [0.29, 0.717) is 32.0 Å². The molecule has 0 aliphatic carbocycles. The van der Waals surface area contributed by atoms with Crippen molar-refractivity contribution < 1.29 is 29.1 Å². The highest BCUT2D eigenvalue weighted by Crippen LogP contribution is 2.16. The number of benzene rings is 1. The summed E-state index contributed by atoms with van der Waals surface area (Å²) in [6.07, 6.45) is 1.74. The number of carbonyl (C=O) groups excluding carboxylic acids is 5. The Bertz CT molecular complexity index is 1060. The highest BCUT2D eigenvalue weighted by molar-refractivity contribution is 5.95. The summed E-state index contributed by atoms with van der Waals surface area (Å²) in [6.45, 7) is 12.8. The van der Waals surface area contributed by atoms with Crippen LogP contribution in [0.4, 0.5) is 0 Å². The Balaban J connectivity index is 3.23. The van der Waals surface area contributed by atoms with E-state index in [1.165, 1.54) is 18.9 Å². The molecule has 1 rings (SSSR count). The predicted octanol–water partition coefficient (Wildman–Crippen LogP) is 1.95. The van der Waals surface area contributed by atoms with E-state index in [2.05, 4.69) is 16.0 Å². The Labute approximate surface area is 263 Å². The summed E-state index contributed by atoms with van der Waals surface area (Å²) in [5.41, 5.74) is 6.91. The number of hydrogen-bond acceptors (Lipinski definition) is 7. The molecule has 0 saturated heterocycles. The fraction of sp³-hybridized carbons (Fsp3) is 0.667. The SMILES string of the molecule is CC(C)C[C@H](NC(=O)[C@H](CCCc1ccccc1)NC(=O)[C@@H](N)[C@@H](C)O)C(=O)N(C)[C@@H](CC(C)C)C(=O)N[C@H](C=O)C(C)C. The number of aliphatic hydroxyl groups excluding tert-OH is 1. The average Bonchev–Trinajstić information content (AvgIpc) is 2.96. The molecule has 0 aliphatic heterocycles. The fourth-order valence-corrected chi connectivity index (χ4v) is 4.78. The quantitative estimate of drug-likeness (QED) is 0.148. The first-order chi connectivity index (χ1) is 20.6. The molecule has 1 aromatic rings. The van der Waals surface area contributed by atoms with Crippen LogP contribution in [0.1, 0.15) is 79.7 Å². The first kappa shape index (κ1) is 38.7. The van der Waals surface area contributed by atoms with Crippen molar-refractivity contribution in [3.05, 3.63) is 35.9 Å². The summed E-state index contributed by atoms with van der Waals surface area (Å²) in [5, 5.41) is 18.1. The summed E-state index contributed by atoms with van der Waals surface area (Å²) < 4.78 is 0. The van der Waals surface area contributed by atoms with Gasteiger partial charge in [0.15, 0.2) is 0 Å². The van der Waals surface area contributed by atoms with Crippen LogP contribution in [0.5, 0.6) is 0 Å². The van der Waals surface area contributed by atoms with Gasteiger partial charge >= 0.3 is 0 Å². The van der Waals surface area contributed by atoms with Crippen molar-refractivity contribution in [2.75, 3.05) is 7.05 Å². The van der Waals surface area contributed by atoms with E-state index < -0.39 is 59.9 Å². The maximum Gasteiger partial charge on any atom is 0.245 e. The van der Waals surface area contributed by atoms with E-state index in [-0.39, 0.29) is 24.2 Å². The third-order valence-corrected chi connectivity index (χ3v) is 7.56. The van der Waals surface area contributed by atoms with Gasteiger partial charge in [-0.3, -0.25) is 19.2 Å². The standard InChI is InChI=1S/C33H55N5O6/c1-20(2)17-26(33(44)38(8)28(18-21(3)4)31(42)37-27(19-39)22(5)6)36-30(41)25(35-32(43)29(34)23(7)40)16-12-15-24-13-10-9-11-14-24/h9-11,13-14,19-23,25-29,40H,12,15-18,34H2,1-8H3,(H,35,43)(H,36,41)(H,37,42)/t23-,25+,26+,27-,28+,29+/m1/s1. The molecule has 0 aliphatic rings. The van der Waals surface area contributed by atoms with Gasteiger partial charge in [-0.1, -0.05) is 71.9 Å². The zero-order chi connectivity index (χ0) is 33.6. The molecule has 0 radical (unpaired) electrons. The molecule has 44 heavy (non-hydrogen) atoms. The molecule has 11 heteroatoms. The average molecular weight is 618 g/mol. The van der Waals surface area contributed by atoms with Crippen molar-refractivity contribution >= 4 is 29.9 Å². The Kier molecular flexibility index (Phi) is 16.9. The fourth-order valence-electron chi connectivity index (χ4n) is 4.78. The number of likely N-dealkylation sites (N-methyl/N-ethyl adjacent to an activating group) is 1. The van der Waals surface area contributed by atoms with Gasteiger partial charge in [-0.2, -0.15) is 0 Å². The van der Waals surface area contributed by atoms with Gasteiger partial charge in [0.2, 0.25) is 23.6 Å². The number of aryl methyl sites for hydroxylation is 1. The van der Waals surface area contributed by atoms with Gasteiger partial charge in [-0.25, -0.2) is 0 Å². The lowest BCUT2D eigenvalue weighted by Crippen LogP contribution is -2.59. The van der Waals surface area contributed by atoms with Crippen molar-refractivity contribution in [1.29, 1.82) is 0 Å². The second kappa shape index (κ2) is 19.2. The molecule has 0 saturated carbocycles. The number of nitrogens with one attached hydrogen (secondary N) is 3. The molecule has 11 nitrogen and oxygen atoms in total. The van der Waals surface area contributed by atoms with Crippen LogP contribution >= 0.6 is 0 Å². The molecular weight excluding hydrogens is 562 g/mol. The predicted molar refractivity (Wildman–Crippen MR) is 171 cm³/mol. The molecule has 248 valence electrons. The highest BCUT2D eigenvalue weighted by Gasteiger charge is 2.35. The van der Waals surface area contributed by atoms with Gasteiger partial charge < -0.3 is 36.5 Å². The molecule has 6 atom stereocenters. The third-order valence-electron chi connectivity index (χ3n) is 7.56. The van der Waals surface area contributed by atoms with Gasteiger partial charge in [0.1, 0.15) is 30.5 Å². The van der Waals surface area contributed by atoms with Crippen molar-refractivity contribution in [2.45, 2.75) is 117 Å². The normalized spacial score (nSPS) is 15.6. The van der Waals surface area contributed by atoms with Crippen LogP contribution in [0, 0.1) is 17.8 Å². The van der Waals surface area contributed by atoms with Crippen LogP contribution in [0.25, 0.3) is 0 Å². The molecule has 6 N–H and O–H groups in total. The van der Waals surface area contributed by atoms with E-state index in [1.807, 2.05) is 71.9 Å². The Morgan fingerprint density at radius 3 is 1.91 bits per heavy atom. The molecule has 0 heterocycles. The second-order valence-corrected chi connectivity index (χ2v) is 12.9. The number of carbonyl (C=O) groups is 5. The molecule has 0 aromatic heterocycles. The van der Waals surface area contributed by atoms with E-state index in [4.69, 9.17) is 5.73 Å². The zero-order valence-electron chi connectivity index (χ0n) is 27.7. The summed E-state index contributed by atoms with van der Waals surface area (Å²) >= 11 is 0. The van der Waals surface area contributed by atoms with E-state index in [9.17, 15) is 29.1 Å². The molecule has 0 fully saturated rings. The first-order valence-corrected chi connectivity index (χ1v) is 15.7. The lowest BCUT2D eigenvalue weighted by Gasteiger charge is -2.34. The molecule has 4 amide bonds. The van der Waals surface area contributed by atoms with Crippen molar-refractivity contribution in [1.82, 2.24) is 20.9 Å². The number of nitrogens with zero attached hydrogens (tertiary/aromatic N) is 1. The van der Waals surface area contributed by atoms with E-state index >= 15 is 0 Å². The number of rotatable bonds is 19. The van der Waals surface area contributed by atoms with Crippen molar-refractivity contribution in [3.63, 3.8) is 0 Å². The van der Waals surface area contributed by atoms with E-state index in [0.717, 1.165) is 5.56 Å². The summed E-state index contributed by atoms with van der Waals surface area (Å²) in [7, 11) is 1.53. The number of hydrogen-bond donors (Lipinski definition) is 5. The maximum atomic E-state index is 13.9. The van der Waals surface area contributed by atoms with Crippen LogP contribution in [0.3, 0.4) is 0 Å². The Morgan fingerprint density at radius 1 is 0.841 bits per heavy atom.